The molecule has 2 amide bonds. The molecule has 0 radical (unpaired) electrons. The average Bonchev–Trinajstić information content (AvgIpc) is 3.66. The van der Waals surface area contributed by atoms with Gasteiger partial charge in [-0.2, -0.15) is 4.48 Å². The van der Waals surface area contributed by atoms with Crippen molar-refractivity contribution in [3.63, 3.8) is 0 Å². The molecular formula is C32H34FN6O3S+. The summed E-state index contributed by atoms with van der Waals surface area (Å²) in [5.41, 5.74) is 7.79. The normalized spacial score (nSPS) is 12.9. The van der Waals surface area contributed by atoms with E-state index in [1.807, 2.05) is 24.7 Å². The number of carbonyl (C=O) groups is 2. The van der Waals surface area contributed by atoms with Gasteiger partial charge in [-0.05, 0) is 25.2 Å². The number of pyridine rings is 1. The Hall–Kier alpha value is -4.45. The molecule has 0 saturated carbocycles. The lowest BCUT2D eigenvalue weighted by Crippen LogP contribution is -2.47. The van der Waals surface area contributed by atoms with Gasteiger partial charge in [0.2, 0.25) is 5.91 Å². The van der Waals surface area contributed by atoms with Crippen molar-refractivity contribution in [1.82, 2.24) is 23.9 Å². The van der Waals surface area contributed by atoms with Crippen LogP contribution in [0.2, 0.25) is 0 Å². The summed E-state index contributed by atoms with van der Waals surface area (Å²) in [6.07, 6.45) is 4.99. The Morgan fingerprint density at radius 2 is 1.79 bits per heavy atom. The van der Waals surface area contributed by atoms with Gasteiger partial charge >= 0.3 is 5.91 Å². The van der Waals surface area contributed by atoms with Crippen LogP contribution in [0.25, 0.3) is 20.8 Å². The van der Waals surface area contributed by atoms with Crippen LogP contribution in [0.4, 0.5) is 15.8 Å². The number of nitrogens with two attached hydrogens (primary N) is 1. The molecule has 43 heavy (non-hydrogen) atoms. The summed E-state index contributed by atoms with van der Waals surface area (Å²) in [6.45, 7) is 8.11. The van der Waals surface area contributed by atoms with Crippen molar-refractivity contribution in [3.8, 4) is 22.1 Å². The van der Waals surface area contributed by atoms with Gasteiger partial charge in [-0.25, -0.2) is 14.2 Å². The molecule has 0 aliphatic heterocycles. The van der Waals surface area contributed by atoms with Crippen molar-refractivity contribution in [1.29, 1.82) is 0 Å². The smallest absolute Gasteiger partial charge is 0.333 e. The Morgan fingerprint density at radius 3 is 2.49 bits per heavy atom. The van der Waals surface area contributed by atoms with Crippen molar-refractivity contribution in [2.24, 2.45) is 5.73 Å². The fraction of sp³-hybridized carbons (Fsp3) is 0.250. The largest absolute Gasteiger partial charge is 0.453 e. The number of amides is 2. The predicted octanol–water partition coefficient (Wildman–Crippen LogP) is 6.10. The lowest BCUT2D eigenvalue weighted by molar-refractivity contribution is -0.131. The Morgan fingerprint density at radius 1 is 1.02 bits per heavy atom. The Labute approximate surface area is 253 Å². The van der Waals surface area contributed by atoms with Crippen molar-refractivity contribution in [2.75, 3.05) is 26.7 Å². The predicted molar refractivity (Wildman–Crippen MR) is 168 cm³/mol. The van der Waals surface area contributed by atoms with E-state index in [2.05, 4.69) is 33.3 Å². The maximum absolute atomic E-state index is 15.6. The van der Waals surface area contributed by atoms with E-state index in [4.69, 9.17) is 10.5 Å². The second-order valence-corrected chi connectivity index (χ2v) is 11.3. The molecule has 9 nitrogen and oxygen atoms in total. The lowest BCUT2D eigenvalue weighted by atomic mass is 10.1. The number of imidazole rings is 1. The van der Waals surface area contributed by atoms with Gasteiger partial charge in [-0.15, -0.1) is 11.3 Å². The third kappa shape index (κ3) is 6.34. The second kappa shape index (κ2) is 12.8. The molecule has 3 heterocycles. The van der Waals surface area contributed by atoms with Crippen LogP contribution in [0, 0.1) is 5.82 Å². The van der Waals surface area contributed by atoms with Crippen molar-refractivity contribution in [2.45, 2.75) is 26.8 Å². The SMILES string of the molecule is CCN(CC)CCn1cnc(-c2cc3nccc(Oc4ccc([N+](C)(C(=O)CC(N)=O)c5ccccc5)cc4F)c3s2)c1. The van der Waals surface area contributed by atoms with Gasteiger partial charge in [0.15, 0.2) is 11.6 Å². The number of carbonyl (C=O) groups excluding carboxylic acids is 2. The van der Waals surface area contributed by atoms with E-state index >= 15 is 4.39 Å². The molecule has 222 valence electrons. The van der Waals surface area contributed by atoms with E-state index in [9.17, 15) is 9.59 Å². The summed E-state index contributed by atoms with van der Waals surface area (Å²) >= 11 is 1.48. The molecule has 5 aromatic rings. The topological polar surface area (TPSA) is 103 Å². The first-order chi connectivity index (χ1) is 20.7. The zero-order chi connectivity index (χ0) is 30.6. The molecule has 3 aromatic heterocycles. The highest BCUT2D eigenvalue weighted by Gasteiger charge is 2.38. The molecule has 11 heteroatoms. The monoisotopic (exact) mass is 601 g/mol. The minimum Gasteiger partial charge on any atom is -0.453 e. The average molecular weight is 602 g/mol. The summed E-state index contributed by atoms with van der Waals surface area (Å²) in [6, 6.07) is 16.9. The van der Waals surface area contributed by atoms with E-state index in [0.29, 0.717) is 17.1 Å². The number of nitrogens with zero attached hydrogens (tertiary/aromatic N) is 5. The van der Waals surface area contributed by atoms with Crippen LogP contribution in [0.15, 0.2) is 79.4 Å². The number of thiophene rings is 1. The number of aromatic nitrogens is 3. The van der Waals surface area contributed by atoms with E-state index in [1.165, 1.54) is 23.5 Å². The number of rotatable bonds is 12. The minimum atomic E-state index is -0.755. The van der Waals surface area contributed by atoms with Gasteiger partial charge in [0.1, 0.15) is 23.5 Å². The van der Waals surface area contributed by atoms with E-state index < -0.39 is 28.5 Å². The molecule has 1 unspecified atom stereocenters. The molecule has 0 aliphatic carbocycles. The minimum absolute atomic E-state index is 0.00570. The first-order valence-electron chi connectivity index (χ1n) is 14.1. The van der Waals surface area contributed by atoms with Gasteiger partial charge in [-0.1, -0.05) is 32.0 Å². The number of halogens is 1. The van der Waals surface area contributed by atoms with Crippen LogP contribution in [-0.2, 0) is 16.1 Å². The highest BCUT2D eigenvalue weighted by Crippen LogP contribution is 2.41. The summed E-state index contributed by atoms with van der Waals surface area (Å²) in [4.78, 5) is 37.2. The summed E-state index contributed by atoms with van der Waals surface area (Å²) in [5.74, 6) is -1.44. The quantitative estimate of drug-likeness (QED) is 0.137. The number of fused-ring (bicyclic) bond motifs is 1. The van der Waals surface area contributed by atoms with Gasteiger partial charge in [0.25, 0.3) is 0 Å². The number of ether oxygens (including phenoxy) is 1. The Bertz CT molecular complexity index is 1750. The first-order valence-corrected chi connectivity index (χ1v) is 14.9. The lowest BCUT2D eigenvalue weighted by Gasteiger charge is -2.30. The molecule has 0 aliphatic rings. The van der Waals surface area contributed by atoms with Crippen LogP contribution >= 0.6 is 11.3 Å². The van der Waals surface area contributed by atoms with Crippen molar-refractivity contribution < 1.29 is 18.7 Å². The highest BCUT2D eigenvalue weighted by molar-refractivity contribution is 7.22. The van der Waals surface area contributed by atoms with E-state index in [0.717, 1.165) is 47.0 Å². The highest BCUT2D eigenvalue weighted by atomic mass is 32.1. The number of hydrogen-bond acceptors (Lipinski definition) is 7. The maximum Gasteiger partial charge on any atom is 0.333 e. The molecule has 2 aromatic carbocycles. The number of para-hydroxylation sites is 1. The molecule has 0 fully saturated rings. The maximum atomic E-state index is 15.6. The fourth-order valence-electron chi connectivity index (χ4n) is 4.97. The summed E-state index contributed by atoms with van der Waals surface area (Å²) in [5, 5.41) is 0. The summed E-state index contributed by atoms with van der Waals surface area (Å²) < 4.78 is 24.1. The van der Waals surface area contributed by atoms with Crippen LogP contribution in [0.1, 0.15) is 20.3 Å². The zero-order valence-electron chi connectivity index (χ0n) is 24.4. The standard InChI is InChI=1S/C32H33FN6O3S/c1-4-37(5-2)15-16-38-20-26(36-21-38)29-18-25-32(43-29)28(13-14-35-25)42-27-12-11-23(17-24(27)33)39(3,31(41)19-30(34)40)22-9-7-6-8-10-22/h6-14,17-18,20-21H,4-5,15-16,19H2,1-3H3,(H-,34,40)/p+1. The number of quaternary nitrogens is 1. The number of likely N-dealkylation sites (N-methyl/N-ethyl adjacent to an activating group) is 1. The molecule has 5 rings (SSSR count). The van der Waals surface area contributed by atoms with Crippen LogP contribution in [0.5, 0.6) is 11.5 Å². The van der Waals surface area contributed by atoms with Crippen molar-refractivity contribution in [3.05, 3.63) is 85.2 Å². The zero-order valence-corrected chi connectivity index (χ0v) is 25.2. The molecule has 0 bridgehead atoms. The number of benzene rings is 2. The fourth-order valence-corrected chi connectivity index (χ4v) is 5.99. The molecular weight excluding hydrogens is 567 g/mol. The van der Waals surface area contributed by atoms with Gasteiger partial charge in [0.05, 0.1) is 34.2 Å². The molecule has 0 saturated heterocycles. The first kappa shape index (κ1) is 30.0. The van der Waals surface area contributed by atoms with Crippen LogP contribution in [0.3, 0.4) is 0 Å². The number of primary amides is 1. The van der Waals surface area contributed by atoms with E-state index in [-0.39, 0.29) is 5.75 Å². The third-order valence-corrected chi connectivity index (χ3v) is 8.74. The Kier molecular flexibility index (Phi) is 8.95. The van der Waals surface area contributed by atoms with Gasteiger partial charge < -0.3 is 19.9 Å². The van der Waals surface area contributed by atoms with E-state index in [1.54, 1.807) is 49.6 Å². The molecule has 0 spiro atoms. The second-order valence-electron chi connectivity index (χ2n) is 10.3. The van der Waals surface area contributed by atoms with Crippen LogP contribution in [-0.4, -0.2) is 57.9 Å². The van der Waals surface area contributed by atoms with Gasteiger partial charge in [-0.3, -0.25) is 9.78 Å². The molecule has 2 N–H and O–H groups in total. The van der Waals surface area contributed by atoms with Gasteiger partial charge in [0, 0.05) is 55.8 Å². The van der Waals surface area contributed by atoms with Crippen molar-refractivity contribution >= 4 is 44.7 Å². The number of hydrogen-bond donors (Lipinski definition) is 1. The third-order valence-electron chi connectivity index (χ3n) is 7.58. The molecule has 1 atom stereocenters. The Balaban J connectivity index is 1.41. The van der Waals surface area contributed by atoms with Crippen LogP contribution < -0.4 is 15.0 Å². The summed E-state index contributed by atoms with van der Waals surface area (Å²) in [7, 11) is 1.61.